The smallest absolute Gasteiger partial charge is 0.315 e. The zero-order chi connectivity index (χ0) is 16.8. The molecule has 0 aliphatic carbocycles. The van der Waals surface area contributed by atoms with Crippen molar-refractivity contribution in [1.82, 2.24) is 9.62 Å². The van der Waals surface area contributed by atoms with Crippen LogP contribution in [0, 0.1) is 27.8 Å². The normalized spacial score (nSPS) is 23.6. The molecule has 1 aromatic carbocycles. The van der Waals surface area contributed by atoms with Crippen molar-refractivity contribution in [1.29, 1.82) is 0 Å². The number of sulfonamides is 1. The molecular weight excluding hydrogens is 365 g/mol. The van der Waals surface area contributed by atoms with Crippen LogP contribution < -0.4 is 10.1 Å². The fourth-order valence-corrected chi connectivity index (χ4v) is 4.79. The predicted molar refractivity (Wildman–Crippen MR) is 85.5 cm³/mol. The highest BCUT2D eigenvalue weighted by molar-refractivity contribution is 7.89. The number of fused-ring (bicyclic) bond motifs is 1. The number of rotatable bonds is 4. The Morgan fingerprint density at radius 2 is 1.92 bits per heavy atom. The first-order valence-corrected chi connectivity index (χ1v) is 8.51. The van der Waals surface area contributed by atoms with Gasteiger partial charge in [0.1, 0.15) is 0 Å². The van der Waals surface area contributed by atoms with Gasteiger partial charge < -0.3 is 10.1 Å². The lowest BCUT2D eigenvalue weighted by Crippen LogP contribution is -2.32. The van der Waals surface area contributed by atoms with Crippen LogP contribution in [-0.2, 0) is 10.0 Å². The van der Waals surface area contributed by atoms with Crippen LogP contribution in [0.2, 0.25) is 0 Å². The van der Waals surface area contributed by atoms with Crippen LogP contribution in [0.25, 0.3) is 0 Å². The van der Waals surface area contributed by atoms with Gasteiger partial charge in [-0.1, -0.05) is 0 Å². The molecule has 2 saturated heterocycles. The van der Waals surface area contributed by atoms with Gasteiger partial charge in [-0.2, -0.15) is 4.31 Å². The van der Waals surface area contributed by atoms with Crippen molar-refractivity contribution in [2.75, 3.05) is 33.3 Å². The number of hydrogen-bond donors (Lipinski definition) is 1. The molecule has 134 valence electrons. The van der Waals surface area contributed by atoms with E-state index in [1.807, 2.05) is 0 Å². The van der Waals surface area contributed by atoms with E-state index in [4.69, 9.17) is 0 Å². The lowest BCUT2D eigenvalue weighted by molar-refractivity contribution is -0.386. The van der Waals surface area contributed by atoms with Gasteiger partial charge in [0.15, 0.2) is 5.82 Å². The molecule has 2 aliphatic rings. The molecule has 2 atom stereocenters. The second kappa shape index (κ2) is 6.79. The van der Waals surface area contributed by atoms with Crippen LogP contribution in [0.4, 0.5) is 10.1 Å². The second-order valence-corrected chi connectivity index (χ2v) is 7.65. The minimum absolute atomic E-state index is 0. The molecule has 8 nitrogen and oxygen atoms in total. The summed E-state index contributed by atoms with van der Waals surface area (Å²) in [5, 5.41) is 14.2. The Kier molecular flexibility index (Phi) is 5.33. The van der Waals surface area contributed by atoms with Gasteiger partial charge in [-0.3, -0.25) is 10.1 Å². The predicted octanol–water partition coefficient (Wildman–Crippen LogP) is 1.00. The summed E-state index contributed by atoms with van der Waals surface area (Å²) in [6.07, 6.45) is 0. The van der Waals surface area contributed by atoms with Crippen LogP contribution in [0.1, 0.15) is 0 Å². The largest absolute Gasteiger partial charge is 0.488 e. The minimum atomic E-state index is -3.98. The number of nitrogens with one attached hydrogen (secondary N) is 1. The summed E-state index contributed by atoms with van der Waals surface area (Å²) in [7, 11) is -2.89. The third-order valence-corrected chi connectivity index (χ3v) is 6.20. The Hall–Kier alpha value is -1.49. The first-order valence-electron chi connectivity index (χ1n) is 7.07. The molecule has 24 heavy (non-hydrogen) atoms. The van der Waals surface area contributed by atoms with Crippen molar-refractivity contribution in [2.24, 2.45) is 11.8 Å². The van der Waals surface area contributed by atoms with Gasteiger partial charge >= 0.3 is 5.69 Å². The highest BCUT2D eigenvalue weighted by Gasteiger charge is 2.42. The molecule has 0 radical (unpaired) electrons. The van der Waals surface area contributed by atoms with Gasteiger partial charge in [-0.25, -0.2) is 12.8 Å². The SMILES string of the molecule is COc1c(F)cc(S(=O)(=O)N2C[C@H]3CNC[C@H]3C2)cc1[N+](=O)[O-].Cl. The number of nitrogens with zero attached hydrogens (tertiary/aromatic N) is 2. The molecule has 1 N–H and O–H groups in total. The van der Waals surface area contributed by atoms with Crippen molar-refractivity contribution in [3.05, 3.63) is 28.1 Å². The van der Waals surface area contributed by atoms with Crippen LogP contribution in [0.3, 0.4) is 0 Å². The fraction of sp³-hybridized carbons (Fsp3) is 0.538. The Labute approximate surface area is 144 Å². The van der Waals surface area contributed by atoms with Crippen molar-refractivity contribution in [2.45, 2.75) is 4.90 Å². The summed E-state index contributed by atoms with van der Waals surface area (Å²) in [4.78, 5) is 9.76. The van der Waals surface area contributed by atoms with Gasteiger partial charge in [0.25, 0.3) is 0 Å². The van der Waals surface area contributed by atoms with Crippen molar-refractivity contribution in [3.8, 4) is 5.75 Å². The molecule has 0 unspecified atom stereocenters. The van der Waals surface area contributed by atoms with Crippen LogP contribution >= 0.6 is 12.4 Å². The number of methoxy groups -OCH3 is 1. The molecule has 0 saturated carbocycles. The topological polar surface area (TPSA) is 102 Å². The van der Waals surface area contributed by atoms with Crippen molar-refractivity contribution >= 4 is 28.1 Å². The first kappa shape index (κ1) is 18.8. The van der Waals surface area contributed by atoms with E-state index in [0.717, 1.165) is 32.3 Å². The third kappa shape index (κ3) is 3.06. The molecule has 2 fully saturated rings. The molecule has 11 heteroatoms. The quantitative estimate of drug-likeness (QED) is 0.616. The molecule has 0 amide bonds. The maximum atomic E-state index is 14.0. The zero-order valence-electron chi connectivity index (χ0n) is 12.8. The lowest BCUT2D eigenvalue weighted by atomic mass is 10.0. The van der Waals surface area contributed by atoms with Crippen LogP contribution in [0.5, 0.6) is 5.75 Å². The van der Waals surface area contributed by atoms with Crippen molar-refractivity contribution < 1.29 is 22.5 Å². The summed E-state index contributed by atoms with van der Waals surface area (Å²) >= 11 is 0. The average molecular weight is 382 g/mol. The standard InChI is InChI=1S/C13H16FN3O5S.ClH/c1-22-13-11(14)2-10(3-12(13)17(18)19)23(20,21)16-6-8-4-15-5-9(8)7-16;/h2-3,8-9,15H,4-7H2,1H3;1H/t8-,9+;. The molecule has 1 aromatic rings. The van der Waals surface area contributed by atoms with E-state index >= 15 is 0 Å². The highest BCUT2D eigenvalue weighted by atomic mass is 35.5. The van der Waals surface area contributed by atoms with Gasteiger partial charge in [-0.15, -0.1) is 12.4 Å². The van der Waals surface area contributed by atoms with E-state index in [1.54, 1.807) is 0 Å². The van der Waals surface area contributed by atoms with Gasteiger partial charge in [-0.05, 0) is 31.0 Å². The minimum Gasteiger partial charge on any atom is -0.488 e. The number of nitro benzene ring substituents is 1. The molecule has 0 spiro atoms. The molecule has 2 heterocycles. The van der Waals surface area contributed by atoms with E-state index < -0.39 is 37.1 Å². The van der Waals surface area contributed by atoms with Gasteiger partial charge in [0, 0.05) is 19.2 Å². The summed E-state index contributed by atoms with van der Waals surface area (Å²) in [5.41, 5.74) is -0.702. The Bertz CT molecular complexity index is 748. The number of nitro groups is 1. The average Bonchev–Trinajstić information content (AvgIpc) is 3.07. The monoisotopic (exact) mass is 381 g/mol. The summed E-state index contributed by atoms with van der Waals surface area (Å²) < 4.78 is 45.3. The van der Waals surface area contributed by atoms with E-state index in [-0.39, 0.29) is 24.2 Å². The van der Waals surface area contributed by atoms with E-state index in [2.05, 4.69) is 10.1 Å². The number of benzene rings is 1. The Balaban J connectivity index is 0.00000208. The third-order valence-electron chi connectivity index (χ3n) is 4.39. The number of ether oxygens (including phenoxy) is 1. The number of halogens is 2. The maximum Gasteiger partial charge on any atom is 0.315 e. The van der Waals surface area contributed by atoms with Crippen molar-refractivity contribution in [3.63, 3.8) is 0 Å². The highest BCUT2D eigenvalue weighted by Crippen LogP contribution is 2.36. The van der Waals surface area contributed by atoms with Crippen LogP contribution in [-0.4, -0.2) is 50.9 Å². The Morgan fingerprint density at radius 3 is 2.42 bits per heavy atom. The molecule has 2 aliphatic heterocycles. The fourth-order valence-electron chi connectivity index (χ4n) is 3.20. The van der Waals surface area contributed by atoms with E-state index in [0.29, 0.717) is 13.1 Å². The van der Waals surface area contributed by atoms with E-state index in [1.165, 1.54) is 4.31 Å². The van der Waals surface area contributed by atoms with Crippen LogP contribution in [0.15, 0.2) is 17.0 Å². The maximum absolute atomic E-state index is 14.0. The Morgan fingerprint density at radius 1 is 1.33 bits per heavy atom. The van der Waals surface area contributed by atoms with Gasteiger partial charge in [0.2, 0.25) is 15.8 Å². The molecule has 0 aromatic heterocycles. The van der Waals surface area contributed by atoms with Gasteiger partial charge in [0.05, 0.1) is 16.9 Å². The lowest BCUT2D eigenvalue weighted by Gasteiger charge is -2.17. The molecule has 0 bridgehead atoms. The summed E-state index contributed by atoms with van der Waals surface area (Å²) in [5.74, 6) is -1.19. The van der Waals surface area contributed by atoms with E-state index in [9.17, 15) is 22.9 Å². The number of hydrogen-bond acceptors (Lipinski definition) is 6. The second-order valence-electron chi connectivity index (χ2n) is 5.72. The first-order chi connectivity index (χ1) is 10.8. The summed E-state index contributed by atoms with van der Waals surface area (Å²) in [6.45, 7) is 2.16. The summed E-state index contributed by atoms with van der Waals surface area (Å²) in [6, 6.07) is 1.62. The zero-order valence-corrected chi connectivity index (χ0v) is 14.4. The molecular formula is C13H17ClFN3O5S. The molecule has 3 rings (SSSR count).